The molecule has 1 unspecified atom stereocenters. The highest BCUT2D eigenvalue weighted by molar-refractivity contribution is 5.90. The van der Waals surface area contributed by atoms with Crippen LogP contribution in [-0.2, 0) is 9.47 Å². The molecule has 21 heavy (non-hydrogen) atoms. The number of amides is 1. The van der Waals surface area contributed by atoms with Gasteiger partial charge in [-0.25, -0.2) is 9.67 Å². The van der Waals surface area contributed by atoms with Gasteiger partial charge in [-0.3, -0.25) is 4.79 Å². The Labute approximate surface area is 120 Å². The van der Waals surface area contributed by atoms with E-state index in [1.54, 1.807) is 0 Å². The summed E-state index contributed by atoms with van der Waals surface area (Å²) in [4.78, 5) is 15.5. The molecule has 10 nitrogen and oxygen atoms in total. The molecule has 0 aromatic carbocycles. The molecule has 2 heterocycles. The van der Waals surface area contributed by atoms with Crippen molar-refractivity contribution in [3.63, 3.8) is 0 Å². The smallest absolute Gasteiger partial charge is 0.291 e. The lowest BCUT2D eigenvalue weighted by atomic mass is 10.1. The molecular weight excluding hydrogens is 284 g/mol. The van der Waals surface area contributed by atoms with E-state index in [9.17, 15) is 15.0 Å². The van der Waals surface area contributed by atoms with Crippen molar-refractivity contribution in [1.29, 1.82) is 0 Å². The van der Waals surface area contributed by atoms with Crippen LogP contribution in [0.2, 0.25) is 0 Å². The van der Waals surface area contributed by atoms with Crippen LogP contribution >= 0.6 is 0 Å². The first-order valence-electron chi connectivity index (χ1n) is 6.39. The minimum absolute atomic E-state index is 0.0937. The Kier molecular flexibility index (Phi) is 5.20. The first kappa shape index (κ1) is 15.8. The van der Waals surface area contributed by atoms with Crippen molar-refractivity contribution in [2.45, 2.75) is 24.5 Å². The molecular formula is C11H18N4O6. The number of hydrogen-bond donors (Lipinski definition) is 4. The van der Waals surface area contributed by atoms with E-state index < -0.39 is 37.1 Å². The molecule has 1 aliphatic rings. The Balaban J connectivity index is 2.01. The summed E-state index contributed by atoms with van der Waals surface area (Å²) >= 11 is 0. The monoisotopic (exact) mass is 302 g/mol. The SMILES string of the molecule is COCCNC(=O)c1ncn([C@@H]2O[C@H](CO)[C@H](O)C2O)n1. The second kappa shape index (κ2) is 6.91. The molecule has 0 saturated carbocycles. The van der Waals surface area contributed by atoms with E-state index in [1.807, 2.05) is 0 Å². The number of carbonyl (C=O) groups is 1. The maximum Gasteiger partial charge on any atom is 0.291 e. The molecule has 1 saturated heterocycles. The van der Waals surface area contributed by atoms with Gasteiger partial charge in [-0.15, -0.1) is 5.10 Å². The van der Waals surface area contributed by atoms with Gasteiger partial charge in [0.25, 0.3) is 5.91 Å². The quantitative estimate of drug-likeness (QED) is 0.415. The minimum Gasteiger partial charge on any atom is -0.394 e. The summed E-state index contributed by atoms with van der Waals surface area (Å²) in [6, 6.07) is 0. The lowest BCUT2D eigenvalue weighted by Gasteiger charge is -2.13. The Bertz CT molecular complexity index is 481. The molecule has 4 N–H and O–H groups in total. The fourth-order valence-electron chi connectivity index (χ4n) is 1.95. The van der Waals surface area contributed by atoms with Crippen molar-refractivity contribution in [3.8, 4) is 0 Å². The largest absolute Gasteiger partial charge is 0.394 e. The summed E-state index contributed by atoms with van der Waals surface area (Å²) < 4.78 is 11.2. The molecule has 1 aromatic heterocycles. The zero-order chi connectivity index (χ0) is 15.4. The third-order valence-electron chi connectivity index (χ3n) is 3.08. The number of ether oxygens (including phenoxy) is 2. The number of aromatic nitrogens is 3. The van der Waals surface area contributed by atoms with Crippen LogP contribution < -0.4 is 5.32 Å². The van der Waals surface area contributed by atoms with Gasteiger partial charge < -0.3 is 30.1 Å². The van der Waals surface area contributed by atoms with Crippen molar-refractivity contribution < 1.29 is 29.6 Å². The van der Waals surface area contributed by atoms with Gasteiger partial charge in [0.1, 0.15) is 24.6 Å². The normalized spacial score (nSPS) is 28.8. The topological polar surface area (TPSA) is 139 Å². The van der Waals surface area contributed by atoms with Crippen LogP contribution in [-0.4, -0.2) is 81.2 Å². The number of nitrogens with zero attached hydrogens (tertiary/aromatic N) is 3. The van der Waals surface area contributed by atoms with Crippen LogP contribution in [0.5, 0.6) is 0 Å². The van der Waals surface area contributed by atoms with Crippen molar-refractivity contribution >= 4 is 5.91 Å². The lowest BCUT2D eigenvalue weighted by Crippen LogP contribution is -2.33. The standard InChI is InChI=1S/C11H18N4O6/c1-20-3-2-12-10(19)9-13-5-15(14-9)11-8(18)7(17)6(4-16)21-11/h5-8,11,16-18H,2-4H2,1H3,(H,12,19)/t6-,7+,8?,11-/m1/s1. The summed E-state index contributed by atoms with van der Waals surface area (Å²) in [6.07, 6.45) is -3.21. The van der Waals surface area contributed by atoms with Gasteiger partial charge in [-0.05, 0) is 0 Å². The third kappa shape index (κ3) is 3.36. The Morgan fingerprint density at radius 2 is 2.29 bits per heavy atom. The fourth-order valence-corrected chi connectivity index (χ4v) is 1.95. The molecule has 1 aliphatic heterocycles. The van der Waals surface area contributed by atoms with E-state index in [4.69, 9.17) is 14.6 Å². The third-order valence-corrected chi connectivity index (χ3v) is 3.08. The number of aliphatic hydroxyl groups is 3. The maximum atomic E-state index is 11.7. The van der Waals surface area contributed by atoms with Gasteiger partial charge in [0.15, 0.2) is 6.23 Å². The van der Waals surface area contributed by atoms with Crippen LogP contribution in [0.25, 0.3) is 0 Å². The molecule has 0 aliphatic carbocycles. The van der Waals surface area contributed by atoms with Gasteiger partial charge in [0.2, 0.25) is 5.82 Å². The van der Waals surface area contributed by atoms with E-state index in [2.05, 4.69) is 15.4 Å². The zero-order valence-corrected chi connectivity index (χ0v) is 11.4. The molecule has 2 rings (SSSR count). The van der Waals surface area contributed by atoms with Gasteiger partial charge in [0.05, 0.1) is 13.2 Å². The number of nitrogens with one attached hydrogen (secondary N) is 1. The van der Waals surface area contributed by atoms with Crippen molar-refractivity contribution in [2.75, 3.05) is 26.9 Å². The fraction of sp³-hybridized carbons (Fsp3) is 0.727. The van der Waals surface area contributed by atoms with Gasteiger partial charge >= 0.3 is 0 Å². The highest BCUT2D eigenvalue weighted by atomic mass is 16.6. The highest BCUT2D eigenvalue weighted by Gasteiger charge is 2.44. The molecule has 0 radical (unpaired) electrons. The van der Waals surface area contributed by atoms with Crippen molar-refractivity contribution in [1.82, 2.24) is 20.1 Å². The van der Waals surface area contributed by atoms with Crippen molar-refractivity contribution in [3.05, 3.63) is 12.2 Å². The summed E-state index contributed by atoms with van der Waals surface area (Å²) in [5, 5.41) is 35.0. The van der Waals surface area contributed by atoms with E-state index in [-0.39, 0.29) is 5.82 Å². The Morgan fingerprint density at radius 3 is 2.90 bits per heavy atom. The van der Waals surface area contributed by atoms with Crippen LogP contribution in [0.4, 0.5) is 0 Å². The summed E-state index contributed by atoms with van der Waals surface area (Å²) in [6.45, 7) is 0.243. The Hall–Kier alpha value is -1.59. The minimum atomic E-state index is -1.27. The number of rotatable bonds is 6. The molecule has 1 amide bonds. The highest BCUT2D eigenvalue weighted by Crippen LogP contribution is 2.28. The molecule has 0 bridgehead atoms. The first-order valence-corrected chi connectivity index (χ1v) is 6.39. The number of carbonyl (C=O) groups excluding carboxylic acids is 1. The average molecular weight is 302 g/mol. The van der Waals surface area contributed by atoms with Crippen LogP contribution in [0.1, 0.15) is 16.8 Å². The van der Waals surface area contributed by atoms with E-state index >= 15 is 0 Å². The summed E-state index contributed by atoms with van der Waals surface area (Å²) in [5.41, 5.74) is 0. The second-order valence-corrected chi connectivity index (χ2v) is 4.53. The molecule has 1 aromatic rings. The lowest BCUT2D eigenvalue weighted by molar-refractivity contribution is -0.0588. The predicted octanol–water partition coefficient (Wildman–Crippen LogP) is -2.73. The van der Waals surface area contributed by atoms with E-state index in [1.165, 1.54) is 13.4 Å². The molecule has 0 spiro atoms. The number of aliphatic hydroxyl groups excluding tert-OH is 3. The summed E-state index contributed by atoms with van der Waals surface area (Å²) in [7, 11) is 1.51. The van der Waals surface area contributed by atoms with Gasteiger partial charge in [-0.2, -0.15) is 0 Å². The van der Waals surface area contributed by atoms with Crippen LogP contribution in [0, 0.1) is 0 Å². The molecule has 1 fully saturated rings. The first-order chi connectivity index (χ1) is 10.1. The second-order valence-electron chi connectivity index (χ2n) is 4.53. The molecule has 118 valence electrons. The van der Waals surface area contributed by atoms with Crippen molar-refractivity contribution in [2.24, 2.45) is 0 Å². The maximum absolute atomic E-state index is 11.7. The number of methoxy groups -OCH3 is 1. The van der Waals surface area contributed by atoms with Crippen LogP contribution in [0.3, 0.4) is 0 Å². The number of hydrogen-bond acceptors (Lipinski definition) is 8. The van der Waals surface area contributed by atoms with Crippen LogP contribution in [0.15, 0.2) is 6.33 Å². The molecule has 4 atom stereocenters. The van der Waals surface area contributed by atoms with Gasteiger partial charge in [0, 0.05) is 13.7 Å². The van der Waals surface area contributed by atoms with E-state index in [0.717, 1.165) is 4.68 Å². The Morgan fingerprint density at radius 1 is 1.52 bits per heavy atom. The predicted molar refractivity (Wildman–Crippen MR) is 67.2 cm³/mol. The average Bonchev–Trinajstić information content (AvgIpc) is 3.06. The van der Waals surface area contributed by atoms with Gasteiger partial charge in [-0.1, -0.05) is 0 Å². The van der Waals surface area contributed by atoms with E-state index in [0.29, 0.717) is 13.2 Å². The molecule has 10 heteroatoms. The zero-order valence-electron chi connectivity index (χ0n) is 11.4. The summed E-state index contributed by atoms with van der Waals surface area (Å²) in [5.74, 6) is -0.582.